The molecule has 1 aliphatic rings. The van der Waals surface area contributed by atoms with Crippen LogP contribution in [0, 0.1) is 0 Å². The van der Waals surface area contributed by atoms with E-state index in [1.54, 1.807) is 7.11 Å². The highest BCUT2D eigenvalue weighted by Gasteiger charge is 2.23. The fourth-order valence-electron chi connectivity index (χ4n) is 1.48. The van der Waals surface area contributed by atoms with Crippen molar-refractivity contribution in [1.82, 2.24) is 5.32 Å². The molecule has 0 radical (unpaired) electrons. The van der Waals surface area contributed by atoms with Crippen molar-refractivity contribution in [2.75, 3.05) is 7.11 Å². The molecule has 4 heteroatoms. The topological polar surface area (TPSA) is 38.3 Å². The Bertz CT molecular complexity index is 402. The molecule has 1 N–H and O–H groups in total. The summed E-state index contributed by atoms with van der Waals surface area (Å²) in [5.41, 5.74) is 0.985. The second-order valence-electron chi connectivity index (χ2n) is 3.98. The number of hydrogen-bond acceptors (Lipinski definition) is 2. The molecular formula is C12H14BrNO2. The van der Waals surface area contributed by atoms with Crippen molar-refractivity contribution < 1.29 is 9.53 Å². The van der Waals surface area contributed by atoms with Gasteiger partial charge in [-0.15, -0.1) is 0 Å². The molecule has 0 heterocycles. The van der Waals surface area contributed by atoms with Gasteiger partial charge in [0.25, 0.3) is 0 Å². The van der Waals surface area contributed by atoms with Gasteiger partial charge in [0.05, 0.1) is 13.5 Å². The van der Waals surface area contributed by atoms with Crippen LogP contribution in [0.25, 0.3) is 0 Å². The summed E-state index contributed by atoms with van der Waals surface area (Å²) in [6.07, 6.45) is 2.66. The maximum absolute atomic E-state index is 11.6. The molecule has 1 aliphatic carbocycles. The van der Waals surface area contributed by atoms with E-state index in [4.69, 9.17) is 4.74 Å². The van der Waals surface area contributed by atoms with Gasteiger partial charge in [-0.25, -0.2) is 0 Å². The Hall–Kier alpha value is -1.03. The summed E-state index contributed by atoms with van der Waals surface area (Å²) in [6.45, 7) is 0. The van der Waals surface area contributed by atoms with Gasteiger partial charge in [-0.1, -0.05) is 22.0 Å². The summed E-state index contributed by atoms with van der Waals surface area (Å²) in [6, 6.07) is 6.07. The van der Waals surface area contributed by atoms with Gasteiger partial charge in [0.15, 0.2) is 0 Å². The Labute approximate surface area is 103 Å². The van der Waals surface area contributed by atoms with Crippen molar-refractivity contribution in [3.8, 4) is 5.75 Å². The predicted molar refractivity (Wildman–Crippen MR) is 65.6 cm³/mol. The van der Waals surface area contributed by atoms with Crippen LogP contribution in [0.2, 0.25) is 0 Å². The molecule has 0 unspecified atom stereocenters. The smallest absolute Gasteiger partial charge is 0.224 e. The van der Waals surface area contributed by atoms with E-state index in [9.17, 15) is 4.79 Å². The summed E-state index contributed by atoms with van der Waals surface area (Å²) in [7, 11) is 1.63. The number of benzene rings is 1. The van der Waals surface area contributed by atoms with Crippen LogP contribution in [-0.4, -0.2) is 19.1 Å². The van der Waals surface area contributed by atoms with Gasteiger partial charge < -0.3 is 10.1 Å². The van der Waals surface area contributed by atoms with E-state index in [0.717, 1.165) is 28.6 Å². The van der Waals surface area contributed by atoms with Crippen molar-refractivity contribution in [2.24, 2.45) is 0 Å². The van der Waals surface area contributed by atoms with Crippen molar-refractivity contribution >= 4 is 21.8 Å². The van der Waals surface area contributed by atoms with E-state index in [1.165, 1.54) is 0 Å². The molecule has 16 heavy (non-hydrogen) atoms. The van der Waals surface area contributed by atoms with Crippen molar-refractivity contribution in [1.29, 1.82) is 0 Å². The molecule has 1 aromatic carbocycles. The first-order chi connectivity index (χ1) is 7.69. The van der Waals surface area contributed by atoms with Crippen molar-refractivity contribution in [2.45, 2.75) is 25.3 Å². The summed E-state index contributed by atoms with van der Waals surface area (Å²) >= 11 is 3.44. The van der Waals surface area contributed by atoms with Crippen LogP contribution in [0.1, 0.15) is 18.4 Å². The van der Waals surface area contributed by atoms with Crippen LogP contribution in [0.5, 0.6) is 5.75 Å². The molecule has 1 saturated carbocycles. The first-order valence-corrected chi connectivity index (χ1v) is 6.10. The molecule has 0 bridgehead atoms. The Morgan fingerprint density at radius 3 is 2.88 bits per heavy atom. The van der Waals surface area contributed by atoms with Crippen molar-refractivity contribution in [3.63, 3.8) is 0 Å². The van der Waals surface area contributed by atoms with Crippen LogP contribution >= 0.6 is 15.9 Å². The molecule has 2 rings (SSSR count). The molecule has 0 aliphatic heterocycles. The highest BCUT2D eigenvalue weighted by atomic mass is 79.9. The van der Waals surface area contributed by atoms with Crippen LogP contribution < -0.4 is 10.1 Å². The van der Waals surface area contributed by atoms with Gasteiger partial charge in [0.2, 0.25) is 5.91 Å². The third kappa shape index (κ3) is 2.98. The number of hydrogen-bond donors (Lipinski definition) is 1. The minimum Gasteiger partial charge on any atom is -0.497 e. The number of methoxy groups -OCH3 is 1. The zero-order valence-electron chi connectivity index (χ0n) is 9.13. The van der Waals surface area contributed by atoms with Gasteiger partial charge in [-0.2, -0.15) is 0 Å². The lowest BCUT2D eigenvalue weighted by molar-refractivity contribution is -0.120. The number of amides is 1. The van der Waals surface area contributed by atoms with Gasteiger partial charge in [0.1, 0.15) is 5.75 Å². The second-order valence-corrected chi connectivity index (χ2v) is 4.83. The van der Waals surface area contributed by atoms with E-state index < -0.39 is 0 Å². The predicted octanol–water partition coefficient (Wildman–Crippen LogP) is 2.28. The summed E-state index contributed by atoms with van der Waals surface area (Å²) < 4.78 is 6.01. The molecule has 0 saturated heterocycles. The number of rotatable bonds is 4. The molecular weight excluding hydrogens is 270 g/mol. The summed E-state index contributed by atoms with van der Waals surface area (Å²) in [5, 5.41) is 2.97. The van der Waals surface area contributed by atoms with Crippen LogP contribution in [0.4, 0.5) is 0 Å². The number of nitrogens with one attached hydrogen (secondary N) is 1. The van der Waals surface area contributed by atoms with Crippen LogP contribution in [0.3, 0.4) is 0 Å². The lowest BCUT2D eigenvalue weighted by atomic mass is 10.1. The van der Waals surface area contributed by atoms with Gasteiger partial charge in [-0.05, 0) is 30.5 Å². The molecule has 3 nitrogen and oxygen atoms in total. The van der Waals surface area contributed by atoms with Gasteiger partial charge in [-0.3, -0.25) is 4.79 Å². The number of halogens is 1. The second kappa shape index (κ2) is 4.87. The molecule has 86 valence electrons. The Kier molecular flexibility index (Phi) is 3.49. The molecule has 1 amide bonds. The fraction of sp³-hybridized carbons (Fsp3) is 0.417. The minimum atomic E-state index is 0.0911. The van der Waals surface area contributed by atoms with E-state index >= 15 is 0 Å². The Morgan fingerprint density at radius 2 is 2.31 bits per heavy atom. The lowest BCUT2D eigenvalue weighted by Gasteiger charge is -2.07. The highest BCUT2D eigenvalue weighted by Crippen LogP contribution is 2.24. The van der Waals surface area contributed by atoms with E-state index in [-0.39, 0.29) is 5.91 Å². The molecule has 0 aromatic heterocycles. The highest BCUT2D eigenvalue weighted by molar-refractivity contribution is 9.10. The normalized spacial score (nSPS) is 14.6. The largest absolute Gasteiger partial charge is 0.497 e. The van der Waals surface area contributed by atoms with Gasteiger partial charge in [0, 0.05) is 10.5 Å². The Morgan fingerprint density at radius 1 is 1.56 bits per heavy atom. The monoisotopic (exact) mass is 283 g/mol. The SMILES string of the molecule is COc1ccc(CC(=O)NC2CC2)c(Br)c1. The number of carbonyl (C=O) groups excluding carboxylic acids is 1. The Balaban J connectivity index is 1.99. The van der Waals surface area contributed by atoms with Crippen LogP contribution in [0.15, 0.2) is 22.7 Å². The lowest BCUT2D eigenvalue weighted by Crippen LogP contribution is -2.27. The summed E-state index contributed by atoms with van der Waals surface area (Å²) in [4.78, 5) is 11.6. The number of carbonyl (C=O) groups is 1. The van der Waals surface area contributed by atoms with E-state index in [2.05, 4.69) is 21.2 Å². The standard InChI is InChI=1S/C12H14BrNO2/c1-16-10-5-2-8(11(13)7-10)6-12(15)14-9-3-4-9/h2,5,7,9H,3-4,6H2,1H3,(H,14,15). The molecule has 0 spiro atoms. The average molecular weight is 284 g/mol. The molecule has 1 aromatic rings. The van der Waals surface area contributed by atoms with Crippen LogP contribution in [-0.2, 0) is 11.2 Å². The van der Waals surface area contributed by atoms with Crippen molar-refractivity contribution in [3.05, 3.63) is 28.2 Å². The maximum Gasteiger partial charge on any atom is 0.224 e. The zero-order valence-corrected chi connectivity index (χ0v) is 10.7. The molecule has 1 fully saturated rings. The minimum absolute atomic E-state index is 0.0911. The zero-order chi connectivity index (χ0) is 11.5. The molecule has 0 atom stereocenters. The third-order valence-corrected chi connectivity index (χ3v) is 3.29. The van der Waals surface area contributed by atoms with Gasteiger partial charge >= 0.3 is 0 Å². The van der Waals surface area contributed by atoms with E-state index in [0.29, 0.717) is 12.5 Å². The third-order valence-electron chi connectivity index (χ3n) is 2.55. The van der Waals surface area contributed by atoms with E-state index in [1.807, 2.05) is 18.2 Å². The number of ether oxygens (including phenoxy) is 1. The quantitative estimate of drug-likeness (QED) is 0.921. The maximum atomic E-state index is 11.6. The first kappa shape index (κ1) is 11.5. The first-order valence-electron chi connectivity index (χ1n) is 5.31. The summed E-state index contributed by atoms with van der Waals surface area (Å²) in [5.74, 6) is 0.881. The fourth-order valence-corrected chi connectivity index (χ4v) is 1.98. The average Bonchev–Trinajstić information content (AvgIpc) is 3.05.